The van der Waals surface area contributed by atoms with Crippen molar-refractivity contribution in [2.45, 2.75) is 45.3 Å². The number of hydrogen-bond donors (Lipinski definition) is 1. The molecule has 18 heavy (non-hydrogen) atoms. The smallest absolute Gasteiger partial charge is 0.119 e. The summed E-state index contributed by atoms with van der Waals surface area (Å²) in [6.45, 7) is 4.04. The van der Waals surface area contributed by atoms with Crippen LogP contribution in [0, 0.1) is 17.8 Å². The summed E-state index contributed by atoms with van der Waals surface area (Å²) in [6.07, 6.45) is 3.93. The lowest BCUT2D eigenvalue weighted by molar-refractivity contribution is 0.137. The van der Waals surface area contributed by atoms with E-state index in [0.29, 0.717) is 5.92 Å². The Bertz CT molecular complexity index is 400. The first-order valence-electron chi connectivity index (χ1n) is 7.11. The van der Waals surface area contributed by atoms with Crippen LogP contribution in [0.5, 0.6) is 5.75 Å². The molecule has 1 aromatic rings. The van der Waals surface area contributed by atoms with Crippen LogP contribution in [-0.2, 0) is 0 Å². The Morgan fingerprint density at radius 2 is 1.72 bits per heavy atom. The molecule has 1 aromatic carbocycles. The van der Waals surface area contributed by atoms with Crippen molar-refractivity contribution >= 4 is 0 Å². The quantitative estimate of drug-likeness (QED) is 0.880. The molecule has 2 fully saturated rings. The Hall–Kier alpha value is -1.02. The van der Waals surface area contributed by atoms with E-state index >= 15 is 0 Å². The maximum atomic E-state index is 10.4. The number of aliphatic hydroxyl groups is 1. The molecule has 0 bridgehead atoms. The van der Waals surface area contributed by atoms with Crippen LogP contribution in [0.4, 0.5) is 0 Å². The molecule has 0 saturated heterocycles. The molecule has 0 aromatic heterocycles. The second-order valence-corrected chi connectivity index (χ2v) is 6.02. The van der Waals surface area contributed by atoms with Crippen LogP contribution in [-0.4, -0.2) is 11.2 Å². The van der Waals surface area contributed by atoms with Gasteiger partial charge in [0.05, 0.1) is 12.2 Å². The number of ether oxygens (including phenoxy) is 1. The van der Waals surface area contributed by atoms with Crippen molar-refractivity contribution in [1.29, 1.82) is 0 Å². The summed E-state index contributed by atoms with van der Waals surface area (Å²) >= 11 is 0. The minimum atomic E-state index is -0.270. The molecule has 2 aliphatic carbocycles. The summed E-state index contributed by atoms with van der Waals surface area (Å²) < 4.78 is 5.62. The summed E-state index contributed by atoms with van der Waals surface area (Å²) in [5.41, 5.74) is 1.05. The molecule has 0 heterocycles. The van der Waals surface area contributed by atoms with Crippen LogP contribution < -0.4 is 4.74 Å². The zero-order valence-electron chi connectivity index (χ0n) is 11.2. The molecule has 0 amide bonds. The lowest BCUT2D eigenvalue weighted by Crippen LogP contribution is -2.07. The van der Waals surface area contributed by atoms with Gasteiger partial charge in [-0.1, -0.05) is 18.6 Å². The Labute approximate surface area is 109 Å². The molecular weight excluding hydrogens is 224 g/mol. The molecule has 98 valence electrons. The summed E-state index contributed by atoms with van der Waals surface area (Å²) in [4.78, 5) is 0. The maximum absolute atomic E-state index is 10.4. The highest BCUT2D eigenvalue weighted by molar-refractivity contribution is 5.30. The van der Waals surface area contributed by atoms with Crippen molar-refractivity contribution in [3.63, 3.8) is 0 Å². The van der Waals surface area contributed by atoms with E-state index in [-0.39, 0.29) is 12.2 Å². The molecule has 3 unspecified atom stereocenters. The Balaban J connectivity index is 1.65. The number of rotatable bonds is 4. The van der Waals surface area contributed by atoms with Gasteiger partial charge in [-0.15, -0.1) is 0 Å². The predicted molar refractivity (Wildman–Crippen MR) is 71.5 cm³/mol. The third-order valence-corrected chi connectivity index (χ3v) is 4.43. The van der Waals surface area contributed by atoms with Gasteiger partial charge in [-0.25, -0.2) is 0 Å². The largest absolute Gasteiger partial charge is 0.491 e. The lowest BCUT2D eigenvalue weighted by Gasteiger charge is -2.14. The molecular formula is C16H22O2. The van der Waals surface area contributed by atoms with Gasteiger partial charge in [0.25, 0.3) is 0 Å². The monoisotopic (exact) mass is 246 g/mol. The second kappa shape index (κ2) is 4.58. The predicted octanol–water partition coefficient (Wildman–Crippen LogP) is 3.55. The lowest BCUT2D eigenvalue weighted by atomic mass is 9.99. The van der Waals surface area contributed by atoms with Gasteiger partial charge in [0.1, 0.15) is 5.75 Å². The first-order chi connectivity index (χ1) is 8.66. The highest BCUT2D eigenvalue weighted by Gasteiger charge is 2.55. The Morgan fingerprint density at radius 1 is 1.11 bits per heavy atom. The first kappa shape index (κ1) is 12.0. The van der Waals surface area contributed by atoms with Crippen molar-refractivity contribution in [2.75, 3.05) is 0 Å². The molecule has 3 atom stereocenters. The van der Waals surface area contributed by atoms with Crippen LogP contribution >= 0.6 is 0 Å². The van der Waals surface area contributed by atoms with Gasteiger partial charge < -0.3 is 9.84 Å². The van der Waals surface area contributed by atoms with Gasteiger partial charge in [0, 0.05) is 0 Å². The van der Waals surface area contributed by atoms with Crippen molar-refractivity contribution in [3.8, 4) is 5.75 Å². The fourth-order valence-corrected chi connectivity index (χ4v) is 3.58. The minimum Gasteiger partial charge on any atom is -0.491 e. The Morgan fingerprint density at radius 3 is 2.28 bits per heavy atom. The molecule has 0 radical (unpaired) electrons. The third kappa shape index (κ3) is 2.14. The normalized spacial score (nSPS) is 31.2. The summed E-state index contributed by atoms with van der Waals surface area (Å²) in [7, 11) is 0. The molecule has 2 nitrogen and oxygen atoms in total. The van der Waals surface area contributed by atoms with Crippen molar-refractivity contribution in [1.82, 2.24) is 0 Å². The summed E-state index contributed by atoms with van der Waals surface area (Å²) in [5, 5.41) is 10.4. The molecule has 3 rings (SSSR count). The van der Waals surface area contributed by atoms with Gasteiger partial charge in [-0.05, 0) is 62.1 Å². The van der Waals surface area contributed by atoms with E-state index in [1.54, 1.807) is 0 Å². The maximum Gasteiger partial charge on any atom is 0.119 e. The van der Waals surface area contributed by atoms with Crippen LogP contribution in [0.3, 0.4) is 0 Å². The van der Waals surface area contributed by atoms with E-state index in [1.165, 1.54) is 19.3 Å². The van der Waals surface area contributed by atoms with Crippen LogP contribution in [0.1, 0.15) is 44.8 Å². The van der Waals surface area contributed by atoms with E-state index in [0.717, 1.165) is 23.1 Å². The van der Waals surface area contributed by atoms with Crippen molar-refractivity contribution in [2.24, 2.45) is 17.8 Å². The number of aliphatic hydroxyl groups excluding tert-OH is 1. The van der Waals surface area contributed by atoms with Gasteiger partial charge in [0.2, 0.25) is 0 Å². The highest BCUT2D eigenvalue weighted by Crippen LogP contribution is 2.62. The van der Waals surface area contributed by atoms with E-state index in [2.05, 4.69) is 0 Å². The topological polar surface area (TPSA) is 29.5 Å². The number of hydrogen-bond acceptors (Lipinski definition) is 2. The highest BCUT2D eigenvalue weighted by atomic mass is 16.5. The summed E-state index contributed by atoms with van der Waals surface area (Å²) in [5.74, 6) is 3.01. The third-order valence-electron chi connectivity index (χ3n) is 4.43. The van der Waals surface area contributed by atoms with Gasteiger partial charge >= 0.3 is 0 Å². The zero-order valence-corrected chi connectivity index (χ0v) is 11.2. The molecule has 2 aliphatic rings. The number of benzene rings is 1. The van der Waals surface area contributed by atoms with Gasteiger partial charge in [0.15, 0.2) is 0 Å². The second-order valence-electron chi connectivity index (χ2n) is 6.02. The molecule has 0 spiro atoms. The first-order valence-corrected chi connectivity index (χ1v) is 7.11. The van der Waals surface area contributed by atoms with Crippen LogP contribution in [0.2, 0.25) is 0 Å². The Kier molecular flexibility index (Phi) is 3.06. The van der Waals surface area contributed by atoms with Gasteiger partial charge in [-0.3, -0.25) is 0 Å². The SMILES string of the molecule is CC(C)Oc1ccc(C(O)C2C3CCCC32)cc1. The minimum absolute atomic E-state index is 0.198. The van der Waals surface area contributed by atoms with Gasteiger partial charge in [-0.2, -0.15) is 0 Å². The fourth-order valence-electron chi connectivity index (χ4n) is 3.58. The van der Waals surface area contributed by atoms with E-state index < -0.39 is 0 Å². The molecule has 2 saturated carbocycles. The van der Waals surface area contributed by atoms with Crippen LogP contribution in [0.15, 0.2) is 24.3 Å². The van der Waals surface area contributed by atoms with Crippen molar-refractivity contribution in [3.05, 3.63) is 29.8 Å². The zero-order chi connectivity index (χ0) is 12.7. The molecule has 0 aliphatic heterocycles. The van der Waals surface area contributed by atoms with Crippen LogP contribution in [0.25, 0.3) is 0 Å². The number of fused-ring (bicyclic) bond motifs is 1. The van der Waals surface area contributed by atoms with E-state index in [1.807, 2.05) is 38.1 Å². The fraction of sp³-hybridized carbons (Fsp3) is 0.625. The standard InChI is InChI=1S/C16H22O2/c1-10(2)18-12-8-6-11(7-9-12)16(17)15-13-4-3-5-14(13)15/h6-10,13-17H,3-5H2,1-2H3. The van der Waals surface area contributed by atoms with E-state index in [4.69, 9.17) is 4.74 Å². The molecule has 2 heteroatoms. The average molecular weight is 246 g/mol. The average Bonchev–Trinajstić information content (AvgIpc) is 2.81. The summed E-state index contributed by atoms with van der Waals surface area (Å²) in [6, 6.07) is 7.96. The van der Waals surface area contributed by atoms with E-state index in [9.17, 15) is 5.11 Å². The van der Waals surface area contributed by atoms with Crippen molar-refractivity contribution < 1.29 is 9.84 Å². The molecule has 1 N–H and O–H groups in total.